The molecule has 8 nitrogen and oxygen atoms in total. The Kier molecular flexibility index (Phi) is 6.56. The molecule has 0 atom stereocenters. The number of amides is 2. The van der Waals surface area contributed by atoms with E-state index in [0.29, 0.717) is 17.1 Å². The van der Waals surface area contributed by atoms with E-state index in [1.807, 2.05) is 6.92 Å². The molecule has 160 valence electrons. The summed E-state index contributed by atoms with van der Waals surface area (Å²) in [4.78, 5) is 23.4. The molecule has 3 rings (SSSR count). The summed E-state index contributed by atoms with van der Waals surface area (Å²) in [6, 6.07) is 18.9. The van der Waals surface area contributed by atoms with E-state index >= 15 is 0 Å². The third-order valence-electron chi connectivity index (χ3n) is 4.24. The van der Waals surface area contributed by atoms with Crippen molar-refractivity contribution in [3.63, 3.8) is 0 Å². The number of nitrogens with one attached hydrogen (secondary N) is 2. The number of carbonyl (C=O) groups excluding carboxylic acids is 2. The molecule has 4 N–H and O–H groups in total. The van der Waals surface area contributed by atoms with E-state index in [1.54, 1.807) is 54.6 Å². The molecule has 0 saturated heterocycles. The maximum Gasteiger partial charge on any atom is 0.262 e. The van der Waals surface area contributed by atoms with Gasteiger partial charge in [-0.25, -0.2) is 8.42 Å². The van der Waals surface area contributed by atoms with Gasteiger partial charge in [0, 0.05) is 16.9 Å². The van der Waals surface area contributed by atoms with Gasteiger partial charge in [0.2, 0.25) is 5.91 Å². The number of sulfonamides is 1. The molecule has 0 radical (unpaired) electrons. The Balaban J connectivity index is 1.56. The lowest BCUT2D eigenvalue weighted by atomic mass is 10.2. The molecule has 0 spiro atoms. The second kappa shape index (κ2) is 9.31. The van der Waals surface area contributed by atoms with Crippen LogP contribution >= 0.6 is 0 Å². The standard InChI is InChI=1S/C22H21N3O5S/c1-15-5-11-20(12-6-15)31(28,29)25-18-9-7-17(8-10-18)24-21(26)14-30-19-4-2-3-16(13-19)22(23)27/h2-13,25H,14H2,1H3,(H2,23,27)(H,24,26). The molecule has 0 bridgehead atoms. The molecule has 9 heteroatoms. The Bertz CT molecular complexity index is 1190. The fourth-order valence-electron chi connectivity index (χ4n) is 2.64. The number of aryl methyl sites for hydroxylation is 1. The van der Waals surface area contributed by atoms with Gasteiger partial charge in [-0.3, -0.25) is 14.3 Å². The zero-order chi connectivity index (χ0) is 22.4. The normalized spacial score (nSPS) is 10.9. The van der Waals surface area contributed by atoms with Crippen LogP contribution in [-0.2, 0) is 14.8 Å². The molecule has 0 fully saturated rings. The highest BCUT2D eigenvalue weighted by Gasteiger charge is 2.14. The Morgan fingerprint density at radius 2 is 1.58 bits per heavy atom. The van der Waals surface area contributed by atoms with Gasteiger partial charge in [-0.2, -0.15) is 0 Å². The topological polar surface area (TPSA) is 128 Å². The Morgan fingerprint density at radius 3 is 2.23 bits per heavy atom. The molecule has 3 aromatic rings. The first kappa shape index (κ1) is 21.8. The number of primary amides is 1. The number of nitrogens with two attached hydrogens (primary N) is 1. The van der Waals surface area contributed by atoms with Crippen LogP contribution < -0.4 is 20.5 Å². The number of hydrogen-bond donors (Lipinski definition) is 3. The van der Waals surface area contributed by atoms with Gasteiger partial charge in [0.1, 0.15) is 5.75 Å². The Labute approximate surface area is 180 Å². The number of carbonyl (C=O) groups is 2. The van der Waals surface area contributed by atoms with Crippen molar-refractivity contribution >= 4 is 33.2 Å². The number of rotatable bonds is 8. The van der Waals surface area contributed by atoms with Crippen molar-refractivity contribution in [3.05, 3.63) is 83.9 Å². The van der Waals surface area contributed by atoms with Crippen LogP contribution in [0.4, 0.5) is 11.4 Å². The van der Waals surface area contributed by atoms with Crippen molar-refractivity contribution in [2.24, 2.45) is 5.73 Å². The van der Waals surface area contributed by atoms with E-state index in [1.165, 1.54) is 18.2 Å². The minimum Gasteiger partial charge on any atom is -0.484 e. The van der Waals surface area contributed by atoms with Crippen molar-refractivity contribution in [2.75, 3.05) is 16.6 Å². The fourth-order valence-corrected chi connectivity index (χ4v) is 3.70. The number of ether oxygens (including phenoxy) is 1. The second-order valence-corrected chi connectivity index (χ2v) is 8.41. The molecule has 0 saturated carbocycles. The summed E-state index contributed by atoms with van der Waals surface area (Å²) < 4.78 is 32.7. The van der Waals surface area contributed by atoms with E-state index in [-0.39, 0.29) is 17.1 Å². The Morgan fingerprint density at radius 1 is 0.935 bits per heavy atom. The Hall–Kier alpha value is -3.85. The molecule has 0 aliphatic heterocycles. The summed E-state index contributed by atoms with van der Waals surface area (Å²) >= 11 is 0. The van der Waals surface area contributed by atoms with Crippen LogP contribution in [0.5, 0.6) is 5.75 Å². The van der Waals surface area contributed by atoms with Crippen LogP contribution in [0.3, 0.4) is 0 Å². The van der Waals surface area contributed by atoms with Crippen molar-refractivity contribution in [1.29, 1.82) is 0 Å². The molecule has 2 amide bonds. The second-order valence-electron chi connectivity index (χ2n) is 6.72. The molecular weight excluding hydrogens is 418 g/mol. The van der Waals surface area contributed by atoms with Crippen molar-refractivity contribution in [3.8, 4) is 5.75 Å². The SMILES string of the molecule is Cc1ccc(S(=O)(=O)Nc2ccc(NC(=O)COc3cccc(C(N)=O)c3)cc2)cc1. The third-order valence-corrected chi connectivity index (χ3v) is 5.64. The highest BCUT2D eigenvalue weighted by Crippen LogP contribution is 2.19. The van der Waals surface area contributed by atoms with Gasteiger partial charge >= 0.3 is 0 Å². The van der Waals surface area contributed by atoms with Crippen LogP contribution in [0.25, 0.3) is 0 Å². The average Bonchev–Trinajstić information content (AvgIpc) is 2.74. The largest absolute Gasteiger partial charge is 0.484 e. The molecule has 0 unspecified atom stereocenters. The summed E-state index contributed by atoms with van der Waals surface area (Å²) in [5, 5.41) is 2.64. The molecule has 31 heavy (non-hydrogen) atoms. The molecule has 0 aliphatic rings. The van der Waals surface area contributed by atoms with Gasteiger partial charge in [0.05, 0.1) is 4.90 Å². The molecular formula is C22H21N3O5S. The van der Waals surface area contributed by atoms with Gasteiger partial charge in [-0.05, 0) is 61.5 Å². The number of hydrogen-bond acceptors (Lipinski definition) is 5. The van der Waals surface area contributed by atoms with Crippen LogP contribution in [0.2, 0.25) is 0 Å². The molecule has 0 heterocycles. The van der Waals surface area contributed by atoms with Crippen molar-refractivity contribution < 1.29 is 22.7 Å². The maximum absolute atomic E-state index is 12.4. The molecule has 3 aromatic carbocycles. The van der Waals surface area contributed by atoms with E-state index in [2.05, 4.69) is 10.0 Å². The lowest BCUT2D eigenvalue weighted by Crippen LogP contribution is -2.20. The van der Waals surface area contributed by atoms with Gasteiger partial charge in [-0.15, -0.1) is 0 Å². The van der Waals surface area contributed by atoms with E-state index in [0.717, 1.165) is 5.56 Å². The zero-order valence-corrected chi connectivity index (χ0v) is 17.5. The number of anilines is 2. The van der Waals surface area contributed by atoms with Gasteiger partial charge in [0.25, 0.3) is 15.9 Å². The van der Waals surface area contributed by atoms with Crippen LogP contribution in [0.1, 0.15) is 15.9 Å². The smallest absolute Gasteiger partial charge is 0.262 e. The van der Waals surface area contributed by atoms with E-state index < -0.39 is 21.8 Å². The first-order valence-electron chi connectivity index (χ1n) is 9.25. The summed E-state index contributed by atoms with van der Waals surface area (Å²) in [6.45, 7) is 1.60. The molecule has 0 aromatic heterocycles. The average molecular weight is 439 g/mol. The van der Waals surface area contributed by atoms with Crippen LogP contribution in [-0.4, -0.2) is 26.8 Å². The fraction of sp³-hybridized carbons (Fsp3) is 0.0909. The lowest BCUT2D eigenvalue weighted by molar-refractivity contribution is -0.118. The maximum atomic E-state index is 12.4. The minimum absolute atomic E-state index is 0.160. The lowest BCUT2D eigenvalue weighted by Gasteiger charge is -2.10. The zero-order valence-electron chi connectivity index (χ0n) is 16.7. The third kappa shape index (κ3) is 6.06. The summed E-state index contributed by atoms with van der Waals surface area (Å²) in [7, 11) is -3.71. The summed E-state index contributed by atoms with van der Waals surface area (Å²) in [6.07, 6.45) is 0. The molecule has 0 aliphatic carbocycles. The predicted octanol–water partition coefficient (Wildman–Crippen LogP) is 2.91. The van der Waals surface area contributed by atoms with Gasteiger partial charge in [-0.1, -0.05) is 23.8 Å². The predicted molar refractivity (Wildman–Crippen MR) is 118 cm³/mol. The number of benzene rings is 3. The summed E-state index contributed by atoms with van der Waals surface area (Å²) in [5.74, 6) is -0.669. The van der Waals surface area contributed by atoms with Gasteiger partial charge < -0.3 is 15.8 Å². The highest BCUT2D eigenvalue weighted by atomic mass is 32.2. The van der Waals surface area contributed by atoms with Gasteiger partial charge in [0.15, 0.2) is 6.61 Å². The quantitative estimate of drug-likeness (QED) is 0.497. The van der Waals surface area contributed by atoms with Crippen molar-refractivity contribution in [2.45, 2.75) is 11.8 Å². The summed E-state index contributed by atoms with van der Waals surface area (Å²) in [5.41, 5.74) is 7.28. The van der Waals surface area contributed by atoms with E-state index in [4.69, 9.17) is 10.5 Å². The van der Waals surface area contributed by atoms with Crippen molar-refractivity contribution in [1.82, 2.24) is 0 Å². The first-order valence-corrected chi connectivity index (χ1v) is 10.7. The monoisotopic (exact) mass is 439 g/mol. The minimum atomic E-state index is -3.71. The van der Waals surface area contributed by atoms with Crippen LogP contribution in [0.15, 0.2) is 77.7 Å². The first-order chi connectivity index (χ1) is 14.7. The van der Waals surface area contributed by atoms with E-state index in [9.17, 15) is 18.0 Å². The van der Waals surface area contributed by atoms with Crippen LogP contribution in [0, 0.1) is 6.92 Å². The highest BCUT2D eigenvalue weighted by molar-refractivity contribution is 7.92.